The molecular weight excluding hydrogens is 232 g/mol. The molecule has 0 aliphatic heterocycles. The molecule has 2 aromatic rings. The maximum absolute atomic E-state index is 10.5. The van der Waals surface area contributed by atoms with Crippen LogP contribution in [0, 0.1) is 6.92 Å². The number of rotatable bonds is 5. The van der Waals surface area contributed by atoms with E-state index in [4.69, 9.17) is 16.2 Å². The second-order valence-corrected chi connectivity index (χ2v) is 4.08. The Hall–Kier alpha value is -2.08. The molecule has 6 heteroatoms. The second-order valence-electron chi connectivity index (χ2n) is 4.08. The van der Waals surface area contributed by atoms with E-state index in [-0.39, 0.29) is 6.61 Å². The lowest BCUT2D eigenvalue weighted by atomic mass is 10.3. The lowest BCUT2D eigenvalue weighted by Crippen LogP contribution is -2.19. The normalized spacial score (nSPS) is 10.9. The number of nitrogens with two attached hydrogens (primary N) is 2. The van der Waals surface area contributed by atoms with Gasteiger partial charge < -0.3 is 20.8 Å². The number of aromatic nitrogens is 2. The smallest absolute Gasteiger partial charge is 0.243 e. The van der Waals surface area contributed by atoms with Crippen molar-refractivity contribution in [3.8, 4) is 0 Å². The first-order valence-corrected chi connectivity index (χ1v) is 5.66. The summed E-state index contributed by atoms with van der Waals surface area (Å²) < 4.78 is 7.17. The van der Waals surface area contributed by atoms with Crippen LogP contribution in [0.25, 0.3) is 11.0 Å². The molecule has 0 aliphatic rings. The van der Waals surface area contributed by atoms with Crippen LogP contribution in [0.2, 0.25) is 0 Å². The van der Waals surface area contributed by atoms with Gasteiger partial charge in [0.25, 0.3) is 0 Å². The first-order chi connectivity index (χ1) is 8.58. The molecule has 6 nitrogen and oxygen atoms in total. The Morgan fingerprint density at radius 2 is 2.28 bits per heavy atom. The third kappa shape index (κ3) is 2.60. The first-order valence-electron chi connectivity index (χ1n) is 5.66. The molecule has 18 heavy (non-hydrogen) atoms. The van der Waals surface area contributed by atoms with E-state index in [0.717, 1.165) is 16.9 Å². The van der Waals surface area contributed by atoms with E-state index in [1.165, 1.54) is 0 Å². The van der Waals surface area contributed by atoms with Crippen LogP contribution < -0.4 is 11.5 Å². The number of aryl methyl sites for hydroxylation is 1. The van der Waals surface area contributed by atoms with Gasteiger partial charge in [0.15, 0.2) is 0 Å². The van der Waals surface area contributed by atoms with Gasteiger partial charge in [-0.15, -0.1) is 0 Å². The molecule has 96 valence electrons. The lowest BCUT2D eigenvalue weighted by molar-refractivity contribution is -0.122. The minimum Gasteiger partial charge on any atom is -0.399 e. The molecule has 0 bridgehead atoms. The number of carbonyl (C=O) groups is 1. The van der Waals surface area contributed by atoms with Gasteiger partial charge in [0, 0.05) is 12.2 Å². The topological polar surface area (TPSA) is 96.2 Å². The van der Waals surface area contributed by atoms with Crippen LogP contribution in [-0.4, -0.2) is 28.7 Å². The largest absolute Gasteiger partial charge is 0.399 e. The lowest BCUT2D eigenvalue weighted by Gasteiger charge is -2.07. The third-order valence-corrected chi connectivity index (χ3v) is 2.67. The van der Waals surface area contributed by atoms with Crippen LogP contribution in [0.15, 0.2) is 18.2 Å². The van der Waals surface area contributed by atoms with E-state index in [0.29, 0.717) is 18.8 Å². The maximum Gasteiger partial charge on any atom is 0.243 e. The molecule has 1 aromatic carbocycles. The molecule has 0 aliphatic carbocycles. The molecule has 1 amide bonds. The number of nitrogens with zero attached hydrogens (tertiary/aromatic N) is 2. The number of anilines is 1. The van der Waals surface area contributed by atoms with Crippen LogP contribution in [0.5, 0.6) is 0 Å². The first kappa shape index (κ1) is 12.4. The highest BCUT2D eigenvalue weighted by atomic mass is 16.5. The summed E-state index contributed by atoms with van der Waals surface area (Å²) in [5.74, 6) is 0.424. The van der Waals surface area contributed by atoms with E-state index in [2.05, 4.69) is 4.98 Å². The monoisotopic (exact) mass is 248 g/mol. The van der Waals surface area contributed by atoms with Gasteiger partial charge in [-0.2, -0.15) is 0 Å². The van der Waals surface area contributed by atoms with Gasteiger partial charge in [0.1, 0.15) is 12.4 Å². The van der Waals surface area contributed by atoms with Crippen LogP contribution >= 0.6 is 0 Å². The minimum absolute atomic E-state index is 0.0569. The molecule has 2 rings (SSSR count). The molecule has 0 spiro atoms. The Morgan fingerprint density at radius 3 is 3.00 bits per heavy atom. The summed E-state index contributed by atoms with van der Waals surface area (Å²) in [7, 11) is 0. The molecule has 0 atom stereocenters. The number of carbonyl (C=O) groups excluding carboxylic acids is 1. The predicted octanol–water partition coefficient (Wildman–Crippen LogP) is 0.429. The zero-order chi connectivity index (χ0) is 13.1. The minimum atomic E-state index is -0.463. The van der Waals surface area contributed by atoms with Crippen molar-refractivity contribution >= 4 is 22.6 Å². The molecule has 0 saturated heterocycles. The van der Waals surface area contributed by atoms with E-state index in [1.54, 1.807) is 0 Å². The molecule has 4 N–H and O–H groups in total. The van der Waals surface area contributed by atoms with E-state index < -0.39 is 5.91 Å². The van der Waals surface area contributed by atoms with Crippen molar-refractivity contribution in [3.05, 3.63) is 24.0 Å². The van der Waals surface area contributed by atoms with Crippen molar-refractivity contribution in [3.63, 3.8) is 0 Å². The number of amides is 1. The van der Waals surface area contributed by atoms with Gasteiger partial charge in [-0.3, -0.25) is 4.79 Å². The van der Waals surface area contributed by atoms with Crippen LogP contribution in [0.4, 0.5) is 5.69 Å². The fourth-order valence-corrected chi connectivity index (χ4v) is 1.88. The Morgan fingerprint density at radius 1 is 1.50 bits per heavy atom. The van der Waals surface area contributed by atoms with Gasteiger partial charge in [-0.1, -0.05) is 0 Å². The van der Waals surface area contributed by atoms with Gasteiger partial charge in [-0.05, 0) is 25.1 Å². The summed E-state index contributed by atoms with van der Waals surface area (Å²) in [5.41, 5.74) is 13.3. The highest BCUT2D eigenvalue weighted by molar-refractivity contribution is 5.79. The fraction of sp³-hybridized carbons (Fsp3) is 0.333. The second kappa shape index (κ2) is 5.05. The number of primary amides is 1. The van der Waals surface area contributed by atoms with Crippen molar-refractivity contribution in [2.24, 2.45) is 5.73 Å². The van der Waals surface area contributed by atoms with Gasteiger partial charge in [-0.25, -0.2) is 4.98 Å². The zero-order valence-electron chi connectivity index (χ0n) is 10.2. The Balaban J connectivity index is 2.12. The van der Waals surface area contributed by atoms with E-state index in [1.807, 2.05) is 29.7 Å². The standard InChI is InChI=1S/C12H16N4O2/c1-8-15-10-6-9(13)2-3-11(10)16(8)4-5-18-7-12(14)17/h2-3,6H,4-5,7,13H2,1H3,(H2,14,17). The average molecular weight is 248 g/mol. The van der Waals surface area contributed by atoms with Crippen molar-refractivity contribution < 1.29 is 9.53 Å². The highest BCUT2D eigenvalue weighted by Crippen LogP contribution is 2.18. The van der Waals surface area contributed by atoms with Gasteiger partial charge in [0.05, 0.1) is 17.6 Å². The number of benzene rings is 1. The molecule has 0 unspecified atom stereocenters. The van der Waals surface area contributed by atoms with Crippen molar-refractivity contribution in [2.45, 2.75) is 13.5 Å². The van der Waals surface area contributed by atoms with Crippen molar-refractivity contribution in [1.29, 1.82) is 0 Å². The van der Waals surface area contributed by atoms with Crippen molar-refractivity contribution in [1.82, 2.24) is 9.55 Å². The van der Waals surface area contributed by atoms with Crippen LogP contribution in [-0.2, 0) is 16.1 Å². The summed E-state index contributed by atoms with van der Waals surface area (Å²) in [5, 5.41) is 0. The number of imidazole rings is 1. The Bertz CT molecular complexity index is 577. The molecule has 0 saturated carbocycles. The molecule has 0 fully saturated rings. The third-order valence-electron chi connectivity index (χ3n) is 2.67. The van der Waals surface area contributed by atoms with Gasteiger partial charge in [0.2, 0.25) is 5.91 Å². The fourth-order valence-electron chi connectivity index (χ4n) is 1.88. The van der Waals surface area contributed by atoms with E-state index in [9.17, 15) is 4.79 Å². The summed E-state index contributed by atoms with van der Waals surface area (Å²) in [6.45, 7) is 2.90. The van der Waals surface area contributed by atoms with Crippen LogP contribution in [0.3, 0.4) is 0 Å². The van der Waals surface area contributed by atoms with Gasteiger partial charge >= 0.3 is 0 Å². The average Bonchev–Trinajstić information content (AvgIpc) is 2.59. The summed E-state index contributed by atoms with van der Waals surface area (Å²) in [6.07, 6.45) is 0. The number of hydrogen-bond donors (Lipinski definition) is 2. The molecule has 0 radical (unpaired) electrons. The number of nitrogen functional groups attached to an aromatic ring is 1. The highest BCUT2D eigenvalue weighted by Gasteiger charge is 2.07. The molecular formula is C12H16N4O2. The predicted molar refractivity (Wildman–Crippen MR) is 68.9 cm³/mol. The summed E-state index contributed by atoms with van der Waals surface area (Å²) in [6, 6.07) is 5.60. The van der Waals surface area contributed by atoms with E-state index >= 15 is 0 Å². The molecule has 1 aromatic heterocycles. The number of hydrogen-bond acceptors (Lipinski definition) is 4. The summed E-state index contributed by atoms with van der Waals surface area (Å²) >= 11 is 0. The Kier molecular flexibility index (Phi) is 3.47. The van der Waals surface area contributed by atoms with Crippen LogP contribution in [0.1, 0.15) is 5.82 Å². The Labute approximate surface area is 105 Å². The quantitative estimate of drug-likeness (QED) is 0.592. The number of ether oxygens (including phenoxy) is 1. The summed E-state index contributed by atoms with van der Waals surface area (Å²) in [4.78, 5) is 15.0. The van der Waals surface area contributed by atoms with Crippen molar-refractivity contribution in [2.75, 3.05) is 18.9 Å². The SMILES string of the molecule is Cc1nc2cc(N)ccc2n1CCOCC(N)=O. The molecule has 1 heterocycles. The zero-order valence-corrected chi connectivity index (χ0v) is 10.2. The maximum atomic E-state index is 10.5. The number of fused-ring (bicyclic) bond motifs is 1.